The lowest BCUT2D eigenvalue weighted by molar-refractivity contribution is -0.116. The molecule has 1 aliphatic heterocycles. The van der Waals surface area contributed by atoms with E-state index in [4.69, 9.17) is 0 Å². The number of aromatic amines is 1. The van der Waals surface area contributed by atoms with Gasteiger partial charge in [0.15, 0.2) is 5.69 Å². The Morgan fingerprint density at radius 2 is 1.93 bits per heavy atom. The van der Waals surface area contributed by atoms with Gasteiger partial charge < -0.3 is 10.1 Å². The van der Waals surface area contributed by atoms with Gasteiger partial charge in [-0.05, 0) is 35.7 Å². The van der Waals surface area contributed by atoms with Crippen molar-refractivity contribution in [3.63, 3.8) is 0 Å². The number of nitrogens with zero attached hydrogens (tertiary/aromatic N) is 3. The number of amides is 2. The Kier molecular flexibility index (Phi) is 3.95. The zero-order chi connectivity index (χ0) is 20.1. The van der Waals surface area contributed by atoms with Crippen molar-refractivity contribution in [1.29, 1.82) is 0 Å². The van der Waals surface area contributed by atoms with Crippen LogP contribution in [0, 0.1) is 0 Å². The number of carbonyl (C=O) groups excluding carboxylic acids is 2. The number of halogens is 1. The molecule has 2 heterocycles. The molecule has 142 valence electrons. The van der Waals surface area contributed by atoms with Crippen LogP contribution in [0.5, 0.6) is 5.88 Å². The second-order valence-corrected chi connectivity index (χ2v) is 7.59. The van der Waals surface area contributed by atoms with E-state index in [0.717, 1.165) is 15.2 Å². The van der Waals surface area contributed by atoms with Gasteiger partial charge in [-0.2, -0.15) is 0 Å². The highest BCUT2D eigenvalue weighted by Gasteiger charge is 2.30. The summed E-state index contributed by atoms with van der Waals surface area (Å²) in [5.41, 5.74) is 2.10. The summed E-state index contributed by atoms with van der Waals surface area (Å²) < 4.78 is 0.806. The number of hydrogen-bond donors (Lipinski definition) is 2. The molecule has 0 radical (unpaired) electrons. The summed E-state index contributed by atoms with van der Waals surface area (Å²) in [5.74, 6) is -1.00. The molecule has 0 fully saturated rings. The first-order chi connectivity index (χ1) is 14.0. The zero-order valence-electron chi connectivity index (χ0n) is 14.9. The standard InChI is InChI=1S/C21H13BrN4O3/c22-12-7-8-15-14(9-12)19(20(28)23-15)25-24-17(27)10-26-16-6-2-4-11-3-1-5-13(18(11)16)21(26)29/h1-9,23,28H,10H2. The molecular weight excluding hydrogens is 436 g/mol. The number of nitrogens with one attached hydrogen (secondary N) is 1. The van der Waals surface area contributed by atoms with Crippen molar-refractivity contribution in [2.45, 2.75) is 0 Å². The van der Waals surface area contributed by atoms with Gasteiger partial charge in [0.25, 0.3) is 11.8 Å². The lowest BCUT2D eigenvalue weighted by Crippen LogP contribution is -2.31. The van der Waals surface area contributed by atoms with Crippen LogP contribution in [0.1, 0.15) is 10.4 Å². The molecule has 0 saturated heterocycles. The molecule has 3 aromatic carbocycles. The van der Waals surface area contributed by atoms with Crippen molar-refractivity contribution in [2.24, 2.45) is 10.2 Å². The third kappa shape index (κ3) is 2.80. The smallest absolute Gasteiger partial charge is 0.284 e. The molecule has 29 heavy (non-hydrogen) atoms. The average Bonchev–Trinajstić information content (AvgIpc) is 3.16. The molecule has 0 spiro atoms. The SMILES string of the molecule is O=C(CN1C(=O)c2cccc3cccc1c23)N=Nc1c(O)[nH]c2ccc(Br)cc12. The maximum atomic E-state index is 12.8. The van der Waals surface area contributed by atoms with Crippen LogP contribution < -0.4 is 4.90 Å². The highest BCUT2D eigenvalue weighted by molar-refractivity contribution is 9.10. The molecule has 5 rings (SSSR count). The van der Waals surface area contributed by atoms with E-state index < -0.39 is 5.91 Å². The molecule has 0 saturated carbocycles. The third-order valence-electron chi connectivity index (χ3n) is 4.92. The summed E-state index contributed by atoms with van der Waals surface area (Å²) in [5, 5.41) is 20.2. The van der Waals surface area contributed by atoms with E-state index in [1.165, 1.54) is 4.90 Å². The monoisotopic (exact) mass is 448 g/mol. The first-order valence-electron chi connectivity index (χ1n) is 8.81. The van der Waals surface area contributed by atoms with Gasteiger partial charge in [-0.1, -0.05) is 40.2 Å². The largest absolute Gasteiger partial charge is 0.493 e. The Labute approximate surface area is 172 Å². The van der Waals surface area contributed by atoms with Crippen LogP contribution in [0.2, 0.25) is 0 Å². The summed E-state index contributed by atoms with van der Waals surface area (Å²) in [6.07, 6.45) is 0. The van der Waals surface area contributed by atoms with Crippen LogP contribution in [0.4, 0.5) is 11.4 Å². The summed E-state index contributed by atoms with van der Waals surface area (Å²) in [4.78, 5) is 29.4. The fourth-order valence-corrected chi connectivity index (χ4v) is 4.01. The van der Waals surface area contributed by atoms with E-state index in [9.17, 15) is 14.7 Å². The second kappa shape index (κ2) is 6.52. The minimum absolute atomic E-state index is 0.174. The summed E-state index contributed by atoms with van der Waals surface area (Å²) in [6.45, 7) is -0.233. The number of aromatic hydroxyl groups is 1. The summed E-state index contributed by atoms with van der Waals surface area (Å²) in [7, 11) is 0. The molecule has 0 aliphatic carbocycles. The number of H-pyrrole nitrogens is 1. The molecule has 0 atom stereocenters. The van der Waals surface area contributed by atoms with E-state index >= 15 is 0 Å². The molecule has 2 amide bonds. The van der Waals surface area contributed by atoms with Crippen LogP contribution in [-0.4, -0.2) is 28.4 Å². The van der Waals surface area contributed by atoms with Crippen molar-refractivity contribution in [1.82, 2.24) is 4.98 Å². The molecule has 7 nitrogen and oxygen atoms in total. The molecule has 0 bridgehead atoms. The van der Waals surface area contributed by atoms with E-state index in [2.05, 4.69) is 31.1 Å². The topological polar surface area (TPSA) is 98.1 Å². The Morgan fingerprint density at radius 1 is 1.14 bits per heavy atom. The van der Waals surface area contributed by atoms with Crippen molar-refractivity contribution in [3.8, 4) is 5.88 Å². The predicted octanol–water partition coefficient (Wildman–Crippen LogP) is 5.06. The average molecular weight is 449 g/mol. The van der Waals surface area contributed by atoms with E-state index in [1.807, 2.05) is 36.4 Å². The summed E-state index contributed by atoms with van der Waals surface area (Å²) >= 11 is 3.37. The second-order valence-electron chi connectivity index (χ2n) is 6.68. The Balaban J connectivity index is 1.44. The van der Waals surface area contributed by atoms with Gasteiger partial charge in [-0.25, -0.2) is 0 Å². The van der Waals surface area contributed by atoms with E-state index in [1.54, 1.807) is 18.2 Å². The van der Waals surface area contributed by atoms with Gasteiger partial charge in [0.1, 0.15) is 6.54 Å². The molecule has 4 aromatic rings. The Morgan fingerprint density at radius 3 is 2.76 bits per heavy atom. The van der Waals surface area contributed by atoms with E-state index in [0.29, 0.717) is 22.2 Å². The van der Waals surface area contributed by atoms with Gasteiger partial charge in [0.2, 0.25) is 5.88 Å². The van der Waals surface area contributed by atoms with Gasteiger partial charge in [-0.15, -0.1) is 10.2 Å². The van der Waals surface area contributed by atoms with Crippen molar-refractivity contribution in [2.75, 3.05) is 11.4 Å². The normalized spacial score (nSPS) is 13.3. The Hall–Kier alpha value is -3.52. The minimum atomic E-state index is -0.591. The highest BCUT2D eigenvalue weighted by atomic mass is 79.9. The first-order valence-corrected chi connectivity index (χ1v) is 9.60. The molecular formula is C21H13BrN4O3. The number of azo groups is 1. The number of carbonyl (C=O) groups is 2. The molecule has 0 unspecified atom stereocenters. The third-order valence-corrected chi connectivity index (χ3v) is 5.41. The maximum Gasteiger partial charge on any atom is 0.284 e. The van der Waals surface area contributed by atoms with Crippen LogP contribution in [-0.2, 0) is 4.79 Å². The zero-order valence-corrected chi connectivity index (χ0v) is 16.5. The van der Waals surface area contributed by atoms with Gasteiger partial charge in [0, 0.05) is 20.8 Å². The number of hydrogen-bond acceptors (Lipinski definition) is 4. The minimum Gasteiger partial charge on any atom is -0.493 e. The molecule has 2 N–H and O–H groups in total. The van der Waals surface area contributed by atoms with Crippen LogP contribution >= 0.6 is 15.9 Å². The van der Waals surface area contributed by atoms with Crippen LogP contribution in [0.15, 0.2) is 69.3 Å². The van der Waals surface area contributed by atoms with Crippen molar-refractivity contribution >= 4 is 60.8 Å². The van der Waals surface area contributed by atoms with Gasteiger partial charge in [-0.3, -0.25) is 14.5 Å². The van der Waals surface area contributed by atoms with Crippen molar-refractivity contribution in [3.05, 3.63) is 64.6 Å². The predicted molar refractivity (Wildman–Crippen MR) is 113 cm³/mol. The molecule has 8 heteroatoms. The highest BCUT2D eigenvalue weighted by Crippen LogP contribution is 2.38. The fourth-order valence-electron chi connectivity index (χ4n) is 3.65. The maximum absolute atomic E-state index is 12.8. The van der Waals surface area contributed by atoms with Crippen LogP contribution in [0.3, 0.4) is 0 Å². The quantitative estimate of drug-likeness (QED) is 0.428. The molecule has 1 aliphatic rings. The summed E-state index contributed by atoms with van der Waals surface area (Å²) in [6, 6.07) is 16.5. The number of fused-ring (bicyclic) bond motifs is 1. The number of benzene rings is 3. The number of aromatic nitrogens is 1. The first kappa shape index (κ1) is 17.6. The van der Waals surface area contributed by atoms with E-state index in [-0.39, 0.29) is 24.0 Å². The van der Waals surface area contributed by atoms with Crippen LogP contribution in [0.25, 0.3) is 21.7 Å². The van der Waals surface area contributed by atoms with Gasteiger partial charge >= 0.3 is 0 Å². The van der Waals surface area contributed by atoms with Crippen molar-refractivity contribution < 1.29 is 14.7 Å². The molecule has 1 aromatic heterocycles. The lowest BCUT2D eigenvalue weighted by Gasteiger charge is -2.14. The number of rotatable bonds is 3. The van der Waals surface area contributed by atoms with Gasteiger partial charge in [0.05, 0.1) is 11.2 Å². The fraction of sp³-hybridized carbons (Fsp3) is 0.0476. The Bertz CT molecular complexity index is 1350. The number of anilines is 1. The lowest BCUT2D eigenvalue weighted by atomic mass is 10.1.